The van der Waals surface area contributed by atoms with Crippen LogP contribution in [-0.4, -0.2) is 73.1 Å². The fraction of sp³-hybridized carbons (Fsp3) is 0.684. The molecule has 0 bridgehead atoms. The molecule has 4 rings (SSSR count). The highest BCUT2D eigenvalue weighted by Crippen LogP contribution is 2.35. The second kappa shape index (κ2) is 10.1. The average molecular weight is 420 g/mol. The number of aliphatic hydroxyl groups is 1. The summed E-state index contributed by atoms with van der Waals surface area (Å²) in [7, 11) is 0. The van der Waals surface area contributed by atoms with Gasteiger partial charge in [-0.05, 0) is 56.1 Å². The van der Waals surface area contributed by atoms with Crippen LogP contribution in [-0.2, 0) is 6.54 Å². The maximum Gasteiger partial charge on any atom is 0.231 e. The number of aliphatic hydroxyl groups excluding tert-OH is 1. The lowest BCUT2D eigenvalue weighted by atomic mass is 10.0. The van der Waals surface area contributed by atoms with E-state index in [1.807, 2.05) is 0 Å². The zero-order valence-electron chi connectivity index (χ0n) is 15.9. The van der Waals surface area contributed by atoms with E-state index >= 15 is 0 Å². The molecule has 3 heterocycles. The number of aryl methyl sites for hydroxylation is 1. The second-order valence-corrected chi connectivity index (χ2v) is 7.50. The number of piperidine rings is 1. The van der Waals surface area contributed by atoms with Crippen molar-refractivity contribution >= 4 is 24.8 Å². The summed E-state index contributed by atoms with van der Waals surface area (Å²) in [5.41, 5.74) is 2.48. The van der Waals surface area contributed by atoms with Crippen molar-refractivity contribution in [2.75, 3.05) is 46.1 Å². The Morgan fingerprint density at radius 3 is 2.52 bits per heavy atom. The molecule has 0 aromatic heterocycles. The van der Waals surface area contributed by atoms with E-state index in [-0.39, 0.29) is 30.9 Å². The molecule has 6 nitrogen and oxygen atoms in total. The summed E-state index contributed by atoms with van der Waals surface area (Å²) in [6.07, 6.45) is 2.09. The first-order valence-electron chi connectivity index (χ1n) is 9.43. The van der Waals surface area contributed by atoms with E-state index in [4.69, 9.17) is 9.47 Å². The van der Waals surface area contributed by atoms with Crippen LogP contribution in [0.3, 0.4) is 0 Å². The third-order valence-corrected chi connectivity index (χ3v) is 5.67. The first-order valence-corrected chi connectivity index (χ1v) is 9.43. The number of hydrogen-bond acceptors (Lipinski definition) is 6. The monoisotopic (exact) mass is 419 g/mol. The SMILES string of the molecule is Cc1cc2c(cc1CN1CCN(C3CCNCC3)CC(O)C1)OCO2.Cl.Cl. The summed E-state index contributed by atoms with van der Waals surface area (Å²) < 4.78 is 11.0. The number of benzene rings is 1. The van der Waals surface area contributed by atoms with Crippen LogP contribution in [0.2, 0.25) is 0 Å². The van der Waals surface area contributed by atoms with Gasteiger partial charge in [0, 0.05) is 38.8 Å². The maximum atomic E-state index is 10.5. The lowest BCUT2D eigenvalue weighted by Crippen LogP contribution is -2.46. The molecule has 2 fully saturated rings. The quantitative estimate of drug-likeness (QED) is 0.778. The molecule has 1 unspecified atom stereocenters. The van der Waals surface area contributed by atoms with Gasteiger partial charge in [0.2, 0.25) is 6.79 Å². The Balaban J connectivity index is 0.00000131. The fourth-order valence-corrected chi connectivity index (χ4v) is 4.22. The standard InChI is InChI=1S/C19H29N3O3.2ClH/c1-14-8-18-19(25-13-24-18)9-15(14)10-21-6-7-22(12-17(23)11-21)16-2-4-20-5-3-16;;/h8-9,16-17,20,23H,2-7,10-13H2,1H3;2*1H. The van der Waals surface area contributed by atoms with Crippen molar-refractivity contribution < 1.29 is 14.6 Å². The Hall–Kier alpha value is -0.760. The molecule has 3 aliphatic rings. The molecule has 0 aliphatic carbocycles. The van der Waals surface area contributed by atoms with Crippen LogP contribution >= 0.6 is 24.8 Å². The molecule has 1 aromatic rings. The van der Waals surface area contributed by atoms with Crippen molar-refractivity contribution in [3.8, 4) is 11.5 Å². The predicted molar refractivity (Wildman–Crippen MR) is 111 cm³/mol. The summed E-state index contributed by atoms with van der Waals surface area (Å²) in [5.74, 6) is 1.68. The molecular weight excluding hydrogens is 389 g/mol. The van der Waals surface area contributed by atoms with Crippen molar-refractivity contribution in [2.45, 2.75) is 38.5 Å². The molecule has 2 N–H and O–H groups in total. The zero-order valence-corrected chi connectivity index (χ0v) is 17.5. The number of fused-ring (bicyclic) bond motifs is 1. The first kappa shape index (κ1) is 22.5. The molecule has 0 radical (unpaired) electrons. The molecule has 154 valence electrons. The van der Waals surface area contributed by atoms with Crippen LogP contribution in [0.1, 0.15) is 24.0 Å². The van der Waals surface area contributed by atoms with Gasteiger partial charge in [0.1, 0.15) is 0 Å². The number of nitrogens with zero attached hydrogens (tertiary/aromatic N) is 2. The van der Waals surface area contributed by atoms with Crippen molar-refractivity contribution in [1.29, 1.82) is 0 Å². The van der Waals surface area contributed by atoms with E-state index < -0.39 is 0 Å². The Bertz CT molecular complexity index is 614. The van der Waals surface area contributed by atoms with Gasteiger partial charge in [-0.25, -0.2) is 0 Å². The number of halogens is 2. The van der Waals surface area contributed by atoms with Gasteiger partial charge in [-0.15, -0.1) is 24.8 Å². The molecule has 2 saturated heterocycles. The topological polar surface area (TPSA) is 57.2 Å². The number of hydrogen-bond donors (Lipinski definition) is 2. The van der Waals surface area contributed by atoms with Gasteiger partial charge in [-0.2, -0.15) is 0 Å². The third-order valence-electron chi connectivity index (χ3n) is 5.67. The van der Waals surface area contributed by atoms with Crippen molar-refractivity contribution in [3.63, 3.8) is 0 Å². The van der Waals surface area contributed by atoms with Gasteiger partial charge < -0.3 is 19.9 Å². The summed E-state index contributed by atoms with van der Waals surface area (Å²) in [4.78, 5) is 4.87. The summed E-state index contributed by atoms with van der Waals surface area (Å²) in [6, 6.07) is 4.77. The molecule has 0 spiro atoms. The lowest BCUT2D eigenvalue weighted by molar-refractivity contribution is 0.0853. The van der Waals surface area contributed by atoms with E-state index in [2.05, 4.69) is 34.2 Å². The van der Waals surface area contributed by atoms with Crippen LogP contribution in [0, 0.1) is 6.92 Å². The molecule has 3 aliphatic heterocycles. The lowest BCUT2D eigenvalue weighted by Gasteiger charge is -2.34. The predicted octanol–water partition coefficient (Wildman–Crippen LogP) is 1.80. The Morgan fingerprint density at radius 2 is 1.78 bits per heavy atom. The summed E-state index contributed by atoms with van der Waals surface area (Å²) in [5, 5.41) is 13.9. The average Bonchev–Trinajstić information content (AvgIpc) is 2.97. The van der Waals surface area contributed by atoms with Crippen LogP contribution in [0.4, 0.5) is 0 Å². The van der Waals surface area contributed by atoms with Crippen molar-refractivity contribution in [1.82, 2.24) is 15.1 Å². The van der Waals surface area contributed by atoms with E-state index in [0.29, 0.717) is 12.8 Å². The Morgan fingerprint density at radius 1 is 1.07 bits per heavy atom. The van der Waals surface area contributed by atoms with E-state index in [9.17, 15) is 5.11 Å². The highest BCUT2D eigenvalue weighted by Gasteiger charge is 2.27. The number of rotatable bonds is 3. The molecule has 0 amide bonds. The highest BCUT2D eigenvalue weighted by molar-refractivity contribution is 5.85. The van der Waals surface area contributed by atoms with E-state index in [0.717, 1.165) is 57.3 Å². The number of β-amino-alcohol motifs (C(OH)–C–C–N with tert-alkyl or cyclic N) is 1. The van der Waals surface area contributed by atoms with Crippen molar-refractivity contribution in [2.24, 2.45) is 0 Å². The van der Waals surface area contributed by atoms with Gasteiger partial charge in [0.05, 0.1) is 6.10 Å². The zero-order chi connectivity index (χ0) is 17.2. The minimum Gasteiger partial charge on any atom is -0.454 e. The fourth-order valence-electron chi connectivity index (χ4n) is 4.22. The molecule has 8 heteroatoms. The maximum absolute atomic E-state index is 10.5. The van der Waals surface area contributed by atoms with Gasteiger partial charge in [0.15, 0.2) is 11.5 Å². The molecular formula is C19H31Cl2N3O3. The smallest absolute Gasteiger partial charge is 0.231 e. The minimum atomic E-state index is -0.285. The normalized spacial score (nSPS) is 24.0. The molecule has 1 atom stereocenters. The van der Waals surface area contributed by atoms with Gasteiger partial charge >= 0.3 is 0 Å². The molecule has 27 heavy (non-hydrogen) atoms. The molecule has 0 saturated carbocycles. The number of ether oxygens (including phenoxy) is 2. The molecule has 1 aromatic carbocycles. The summed E-state index contributed by atoms with van der Waals surface area (Å²) >= 11 is 0. The second-order valence-electron chi connectivity index (χ2n) is 7.50. The van der Waals surface area contributed by atoms with Crippen LogP contribution in [0.15, 0.2) is 12.1 Å². The van der Waals surface area contributed by atoms with Crippen LogP contribution in [0.5, 0.6) is 11.5 Å². The van der Waals surface area contributed by atoms with Crippen LogP contribution < -0.4 is 14.8 Å². The largest absolute Gasteiger partial charge is 0.454 e. The van der Waals surface area contributed by atoms with Crippen molar-refractivity contribution in [3.05, 3.63) is 23.3 Å². The third kappa shape index (κ3) is 5.40. The van der Waals surface area contributed by atoms with Crippen LogP contribution in [0.25, 0.3) is 0 Å². The van der Waals surface area contributed by atoms with E-state index in [1.165, 1.54) is 24.0 Å². The van der Waals surface area contributed by atoms with Gasteiger partial charge in [0.25, 0.3) is 0 Å². The number of nitrogens with one attached hydrogen (secondary N) is 1. The minimum absolute atomic E-state index is 0. The van der Waals surface area contributed by atoms with E-state index in [1.54, 1.807) is 0 Å². The van der Waals surface area contributed by atoms with Gasteiger partial charge in [-0.1, -0.05) is 0 Å². The first-order chi connectivity index (χ1) is 12.2. The summed E-state index contributed by atoms with van der Waals surface area (Å²) in [6.45, 7) is 9.02. The highest BCUT2D eigenvalue weighted by atomic mass is 35.5. The Labute approximate surface area is 174 Å². The Kier molecular flexibility index (Phi) is 8.46. The van der Waals surface area contributed by atoms with Gasteiger partial charge in [-0.3, -0.25) is 9.80 Å².